The van der Waals surface area contributed by atoms with E-state index < -0.39 is 11.7 Å². The largest absolute Gasteiger partial charge is 0.406 e. The average Bonchev–Trinajstić information content (AvgIpc) is 2.91. The fourth-order valence-corrected chi connectivity index (χ4v) is 2.51. The highest BCUT2D eigenvalue weighted by Crippen LogP contribution is 2.53. The van der Waals surface area contributed by atoms with Crippen LogP contribution in [0.2, 0.25) is 0 Å². The van der Waals surface area contributed by atoms with Crippen molar-refractivity contribution in [3.63, 3.8) is 0 Å². The Bertz CT molecular complexity index is 248. The molecule has 94 valence electrons. The van der Waals surface area contributed by atoms with Crippen LogP contribution in [-0.2, 0) is 0 Å². The predicted octanol–water partition coefficient (Wildman–Crippen LogP) is 2.16. The Labute approximate surface area is 94.2 Å². The quantitative estimate of drug-likeness (QED) is 0.750. The van der Waals surface area contributed by atoms with E-state index in [2.05, 4.69) is 5.32 Å². The zero-order chi connectivity index (χ0) is 11.8. The normalized spacial score (nSPS) is 31.9. The molecule has 1 aliphatic carbocycles. The molecule has 5 heteroatoms. The zero-order valence-electron chi connectivity index (χ0n) is 9.61. The predicted molar refractivity (Wildman–Crippen MR) is 56.3 cm³/mol. The SMILES string of the molecule is CC1CCN(C2(C(F)(F)F)CC2)CCCN1. The van der Waals surface area contributed by atoms with Crippen molar-refractivity contribution in [2.75, 3.05) is 19.6 Å². The van der Waals surface area contributed by atoms with Gasteiger partial charge in [-0.3, -0.25) is 4.90 Å². The second-order valence-electron chi connectivity index (χ2n) is 5.01. The molecule has 0 spiro atoms. The van der Waals surface area contributed by atoms with Crippen LogP contribution in [-0.4, -0.2) is 42.3 Å². The first-order valence-electron chi connectivity index (χ1n) is 6.01. The Kier molecular flexibility index (Phi) is 3.18. The van der Waals surface area contributed by atoms with Gasteiger partial charge in [0.15, 0.2) is 0 Å². The Morgan fingerprint density at radius 1 is 1.25 bits per heavy atom. The van der Waals surface area contributed by atoms with Crippen molar-refractivity contribution in [3.8, 4) is 0 Å². The maximum absolute atomic E-state index is 13.0. The zero-order valence-corrected chi connectivity index (χ0v) is 9.61. The van der Waals surface area contributed by atoms with E-state index in [9.17, 15) is 13.2 Å². The fraction of sp³-hybridized carbons (Fsp3) is 1.00. The van der Waals surface area contributed by atoms with E-state index in [0.717, 1.165) is 19.4 Å². The topological polar surface area (TPSA) is 15.3 Å². The van der Waals surface area contributed by atoms with E-state index in [0.29, 0.717) is 19.1 Å². The van der Waals surface area contributed by atoms with Crippen LogP contribution < -0.4 is 5.32 Å². The molecule has 1 unspecified atom stereocenters. The minimum Gasteiger partial charge on any atom is -0.314 e. The second-order valence-corrected chi connectivity index (χ2v) is 5.01. The van der Waals surface area contributed by atoms with Gasteiger partial charge in [-0.1, -0.05) is 0 Å². The highest BCUT2D eigenvalue weighted by molar-refractivity contribution is 5.09. The molecule has 0 aromatic heterocycles. The smallest absolute Gasteiger partial charge is 0.314 e. The summed E-state index contributed by atoms with van der Waals surface area (Å²) >= 11 is 0. The highest BCUT2D eigenvalue weighted by Gasteiger charge is 2.66. The first-order valence-corrected chi connectivity index (χ1v) is 6.01. The number of rotatable bonds is 1. The summed E-state index contributed by atoms with van der Waals surface area (Å²) in [7, 11) is 0. The number of alkyl halides is 3. The van der Waals surface area contributed by atoms with Gasteiger partial charge in [0.05, 0.1) is 0 Å². The second kappa shape index (κ2) is 4.18. The van der Waals surface area contributed by atoms with Gasteiger partial charge in [-0.15, -0.1) is 0 Å². The van der Waals surface area contributed by atoms with E-state index >= 15 is 0 Å². The van der Waals surface area contributed by atoms with Gasteiger partial charge < -0.3 is 5.32 Å². The summed E-state index contributed by atoms with van der Waals surface area (Å²) in [6.45, 7) is 4.00. The van der Waals surface area contributed by atoms with Crippen LogP contribution in [0.1, 0.15) is 32.6 Å². The van der Waals surface area contributed by atoms with Crippen LogP contribution in [0.4, 0.5) is 13.2 Å². The molecule has 1 saturated carbocycles. The van der Waals surface area contributed by atoms with Crippen molar-refractivity contribution in [1.82, 2.24) is 10.2 Å². The third-order valence-electron chi connectivity index (χ3n) is 3.79. The molecule has 0 amide bonds. The van der Waals surface area contributed by atoms with Crippen molar-refractivity contribution in [3.05, 3.63) is 0 Å². The minimum atomic E-state index is -4.05. The molecule has 0 radical (unpaired) electrons. The summed E-state index contributed by atoms with van der Waals surface area (Å²) in [6, 6.07) is 0.326. The molecule has 0 aromatic carbocycles. The number of hydrogen-bond acceptors (Lipinski definition) is 2. The molecule has 16 heavy (non-hydrogen) atoms. The summed E-state index contributed by atoms with van der Waals surface area (Å²) in [4.78, 5) is 1.67. The van der Waals surface area contributed by atoms with Gasteiger partial charge in [0, 0.05) is 19.1 Å². The minimum absolute atomic E-state index is 0.290. The van der Waals surface area contributed by atoms with Crippen molar-refractivity contribution >= 4 is 0 Å². The van der Waals surface area contributed by atoms with Crippen LogP contribution in [0.15, 0.2) is 0 Å². The molecule has 1 atom stereocenters. The van der Waals surface area contributed by atoms with Crippen molar-refractivity contribution in [2.45, 2.75) is 50.4 Å². The molecule has 2 fully saturated rings. The summed E-state index contributed by atoms with van der Waals surface area (Å²) in [5, 5.41) is 3.31. The molecular formula is C11H19F3N2. The third-order valence-corrected chi connectivity index (χ3v) is 3.79. The lowest BCUT2D eigenvalue weighted by Gasteiger charge is -2.35. The van der Waals surface area contributed by atoms with Gasteiger partial charge >= 0.3 is 6.18 Å². The fourth-order valence-electron chi connectivity index (χ4n) is 2.51. The monoisotopic (exact) mass is 236 g/mol. The maximum atomic E-state index is 13.0. The Balaban J connectivity index is 2.02. The average molecular weight is 236 g/mol. The van der Waals surface area contributed by atoms with Crippen molar-refractivity contribution in [1.29, 1.82) is 0 Å². The van der Waals surface area contributed by atoms with Crippen LogP contribution in [0.25, 0.3) is 0 Å². The lowest BCUT2D eigenvalue weighted by molar-refractivity contribution is -0.197. The number of hydrogen-bond donors (Lipinski definition) is 1. The number of halogens is 3. The maximum Gasteiger partial charge on any atom is 0.406 e. The molecule has 1 aliphatic heterocycles. The lowest BCUT2D eigenvalue weighted by atomic mass is 10.1. The molecule has 1 saturated heterocycles. The van der Waals surface area contributed by atoms with Gasteiger partial charge in [-0.05, 0) is 39.2 Å². The summed E-state index contributed by atoms with van der Waals surface area (Å²) in [5.74, 6) is 0. The molecule has 0 bridgehead atoms. The van der Waals surface area contributed by atoms with E-state index in [1.165, 1.54) is 0 Å². The summed E-state index contributed by atoms with van der Waals surface area (Å²) in [5.41, 5.74) is -1.47. The Hall–Kier alpha value is -0.290. The van der Waals surface area contributed by atoms with E-state index in [1.54, 1.807) is 4.90 Å². The Morgan fingerprint density at radius 3 is 2.50 bits per heavy atom. The first-order chi connectivity index (χ1) is 7.46. The van der Waals surface area contributed by atoms with Crippen LogP contribution in [0.5, 0.6) is 0 Å². The Morgan fingerprint density at radius 2 is 1.94 bits per heavy atom. The molecule has 2 aliphatic rings. The van der Waals surface area contributed by atoms with Crippen LogP contribution >= 0.6 is 0 Å². The van der Waals surface area contributed by atoms with E-state index in [4.69, 9.17) is 0 Å². The van der Waals surface area contributed by atoms with Crippen LogP contribution in [0.3, 0.4) is 0 Å². The number of nitrogens with one attached hydrogen (secondary N) is 1. The van der Waals surface area contributed by atoms with Gasteiger partial charge in [0.1, 0.15) is 5.54 Å². The van der Waals surface area contributed by atoms with Gasteiger partial charge in [0.2, 0.25) is 0 Å². The molecule has 2 nitrogen and oxygen atoms in total. The number of nitrogens with zero attached hydrogens (tertiary/aromatic N) is 1. The third kappa shape index (κ3) is 2.20. The van der Waals surface area contributed by atoms with Crippen molar-refractivity contribution in [2.24, 2.45) is 0 Å². The highest BCUT2D eigenvalue weighted by atomic mass is 19.4. The standard InChI is InChI=1S/C11H19F3N2/c1-9-3-8-16(7-2-6-15-9)10(4-5-10)11(12,13)14/h9,15H,2-8H2,1H3. The van der Waals surface area contributed by atoms with Crippen LogP contribution in [0, 0.1) is 0 Å². The van der Waals surface area contributed by atoms with Gasteiger partial charge in [0.25, 0.3) is 0 Å². The van der Waals surface area contributed by atoms with E-state index in [1.807, 2.05) is 6.92 Å². The molecular weight excluding hydrogens is 217 g/mol. The first kappa shape index (κ1) is 12.2. The van der Waals surface area contributed by atoms with Crippen molar-refractivity contribution < 1.29 is 13.2 Å². The van der Waals surface area contributed by atoms with Gasteiger partial charge in [-0.25, -0.2) is 0 Å². The summed E-state index contributed by atoms with van der Waals surface area (Å²) < 4.78 is 38.9. The molecule has 1 N–H and O–H groups in total. The molecule has 0 aromatic rings. The molecule has 1 heterocycles. The van der Waals surface area contributed by atoms with E-state index in [-0.39, 0.29) is 12.8 Å². The van der Waals surface area contributed by atoms with Gasteiger partial charge in [-0.2, -0.15) is 13.2 Å². The summed E-state index contributed by atoms with van der Waals surface area (Å²) in [6.07, 6.45) is -1.86. The lowest BCUT2D eigenvalue weighted by Crippen LogP contribution is -2.51. The molecule has 2 rings (SSSR count).